The highest BCUT2D eigenvalue weighted by molar-refractivity contribution is 7.99. The molecule has 0 saturated carbocycles. The van der Waals surface area contributed by atoms with Crippen molar-refractivity contribution in [3.8, 4) is 0 Å². The number of benzene rings is 1. The molecule has 27 heavy (non-hydrogen) atoms. The van der Waals surface area contributed by atoms with Gasteiger partial charge in [0.15, 0.2) is 0 Å². The summed E-state index contributed by atoms with van der Waals surface area (Å²) in [4.78, 5) is 42.5. The first kappa shape index (κ1) is 18.9. The lowest BCUT2D eigenvalue weighted by Gasteiger charge is -2.22. The van der Waals surface area contributed by atoms with E-state index in [-0.39, 0.29) is 6.54 Å². The second-order valence-corrected chi connectivity index (χ2v) is 7.46. The Balaban J connectivity index is 1.67. The predicted octanol–water partition coefficient (Wildman–Crippen LogP) is 2.60. The third-order valence-electron chi connectivity index (χ3n) is 4.24. The van der Waals surface area contributed by atoms with Crippen LogP contribution in [-0.4, -0.2) is 40.0 Å². The van der Waals surface area contributed by atoms with Gasteiger partial charge in [-0.25, -0.2) is 9.78 Å². The lowest BCUT2D eigenvalue weighted by molar-refractivity contribution is -0.133. The van der Waals surface area contributed by atoms with Crippen LogP contribution in [0.2, 0.25) is 0 Å². The van der Waals surface area contributed by atoms with Crippen LogP contribution in [0.1, 0.15) is 19.4 Å². The summed E-state index contributed by atoms with van der Waals surface area (Å²) in [6, 6.07) is 11.9. The van der Waals surface area contributed by atoms with Crippen LogP contribution in [0.15, 0.2) is 53.7 Å². The number of carbonyl (C=O) groups excluding carboxylic acids is 3. The summed E-state index contributed by atoms with van der Waals surface area (Å²) in [7, 11) is 0. The fourth-order valence-electron chi connectivity index (χ4n) is 2.84. The van der Waals surface area contributed by atoms with E-state index < -0.39 is 23.4 Å². The summed E-state index contributed by atoms with van der Waals surface area (Å²) in [6.45, 7) is 3.30. The van der Waals surface area contributed by atoms with Crippen LogP contribution in [0, 0.1) is 0 Å². The van der Waals surface area contributed by atoms with Gasteiger partial charge < -0.3 is 10.6 Å². The highest BCUT2D eigenvalue weighted by Gasteiger charge is 2.49. The first-order chi connectivity index (χ1) is 12.9. The van der Waals surface area contributed by atoms with E-state index in [1.807, 2.05) is 19.1 Å². The summed E-state index contributed by atoms with van der Waals surface area (Å²) in [5, 5.41) is 6.21. The van der Waals surface area contributed by atoms with E-state index in [9.17, 15) is 14.4 Å². The van der Waals surface area contributed by atoms with Gasteiger partial charge in [-0.15, -0.1) is 11.8 Å². The van der Waals surface area contributed by atoms with E-state index in [2.05, 4.69) is 15.6 Å². The summed E-state index contributed by atoms with van der Waals surface area (Å²) < 4.78 is 0. The maximum atomic E-state index is 12.8. The Bertz CT molecular complexity index is 857. The molecule has 1 aromatic heterocycles. The zero-order valence-electron chi connectivity index (χ0n) is 15.1. The van der Waals surface area contributed by atoms with Gasteiger partial charge in [0.05, 0.1) is 16.9 Å². The number of urea groups is 1. The first-order valence-electron chi connectivity index (χ1n) is 8.52. The largest absolute Gasteiger partial charge is 0.325 e. The van der Waals surface area contributed by atoms with Crippen LogP contribution >= 0.6 is 11.8 Å². The number of rotatable bonds is 6. The molecule has 0 bridgehead atoms. The minimum Gasteiger partial charge on any atom is -0.323 e. The van der Waals surface area contributed by atoms with E-state index in [1.54, 1.807) is 55.2 Å². The minimum absolute atomic E-state index is 0.363. The monoisotopic (exact) mass is 384 g/mol. The van der Waals surface area contributed by atoms with Crippen LogP contribution < -0.4 is 10.6 Å². The Morgan fingerprint density at radius 2 is 1.96 bits per heavy atom. The Kier molecular flexibility index (Phi) is 5.46. The van der Waals surface area contributed by atoms with Gasteiger partial charge in [0.2, 0.25) is 5.91 Å². The van der Waals surface area contributed by atoms with E-state index in [1.165, 1.54) is 0 Å². The summed E-state index contributed by atoms with van der Waals surface area (Å²) in [5.41, 5.74) is -0.00283. The molecular formula is C19H20N4O3S. The number of aromatic nitrogens is 1. The Morgan fingerprint density at radius 1 is 1.22 bits per heavy atom. The molecule has 1 aliphatic heterocycles. The quantitative estimate of drug-likeness (QED) is 0.590. The maximum Gasteiger partial charge on any atom is 0.325 e. The molecule has 140 valence electrons. The van der Waals surface area contributed by atoms with E-state index in [4.69, 9.17) is 0 Å². The molecular weight excluding hydrogens is 364 g/mol. The summed E-state index contributed by atoms with van der Waals surface area (Å²) >= 11 is 1.60. The molecule has 2 aromatic rings. The molecule has 1 fully saturated rings. The molecule has 4 amide bonds. The summed E-state index contributed by atoms with van der Waals surface area (Å²) in [5.74, 6) is -0.0133. The molecule has 8 heteroatoms. The highest BCUT2D eigenvalue weighted by atomic mass is 32.2. The third kappa shape index (κ3) is 3.95. The lowest BCUT2D eigenvalue weighted by Crippen LogP contribution is -2.42. The fraction of sp³-hybridized carbons (Fsp3) is 0.263. The van der Waals surface area contributed by atoms with Crippen LogP contribution in [0.3, 0.4) is 0 Å². The van der Waals surface area contributed by atoms with Crippen LogP contribution in [0.5, 0.6) is 0 Å². The van der Waals surface area contributed by atoms with Gasteiger partial charge in [-0.1, -0.05) is 37.3 Å². The van der Waals surface area contributed by atoms with Crippen molar-refractivity contribution in [1.82, 2.24) is 15.2 Å². The molecule has 1 unspecified atom stereocenters. The zero-order valence-corrected chi connectivity index (χ0v) is 15.9. The molecule has 3 rings (SSSR count). The van der Waals surface area contributed by atoms with Crippen molar-refractivity contribution in [1.29, 1.82) is 0 Å². The Morgan fingerprint density at radius 3 is 2.59 bits per heavy atom. The van der Waals surface area contributed by atoms with Crippen molar-refractivity contribution in [2.24, 2.45) is 0 Å². The third-order valence-corrected chi connectivity index (χ3v) is 5.07. The number of nitrogens with one attached hydrogen (secondary N) is 2. The zero-order chi connectivity index (χ0) is 19.4. The van der Waals surface area contributed by atoms with Crippen LogP contribution in [0.25, 0.3) is 0 Å². The average Bonchev–Trinajstić information content (AvgIpc) is 2.88. The Labute approximate surface area is 161 Å². The number of hydrogen-bond donors (Lipinski definition) is 2. The van der Waals surface area contributed by atoms with Crippen molar-refractivity contribution in [2.75, 3.05) is 17.6 Å². The van der Waals surface area contributed by atoms with Crippen molar-refractivity contribution in [3.05, 3.63) is 54.2 Å². The van der Waals surface area contributed by atoms with Crippen molar-refractivity contribution >= 4 is 35.3 Å². The molecule has 2 heterocycles. The lowest BCUT2D eigenvalue weighted by atomic mass is 9.92. The smallest absolute Gasteiger partial charge is 0.323 e. The number of nitrogens with zero attached hydrogens (tertiary/aromatic N) is 2. The minimum atomic E-state index is -1.18. The molecule has 0 spiro atoms. The van der Waals surface area contributed by atoms with Gasteiger partial charge in [0, 0.05) is 0 Å². The van der Waals surface area contributed by atoms with E-state index >= 15 is 0 Å². The molecule has 1 atom stereocenters. The fourth-order valence-corrected chi connectivity index (χ4v) is 3.43. The second kappa shape index (κ2) is 7.79. The standard InChI is InChI=1S/C19H20N4O3S/c1-3-27-16-10-9-14(11-20-16)21-15(24)12-23-17(25)19(2,22-18(23)26)13-7-5-4-6-8-13/h4-11H,3,12H2,1-2H3,(H,21,24)(H,22,26). The summed E-state index contributed by atoms with van der Waals surface area (Å²) in [6.07, 6.45) is 1.55. The van der Waals surface area contributed by atoms with E-state index in [0.29, 0.717) is 11.3 Å². The second-order valence-electron chi connectivity index (χ2n) is 6.18. The number of thioether (sulfide) groups is 1. The van der Waals surface area contributed by atoms with Gasteiger partial charge in [0.25, 0.3) is 5.91 Å². The molecule has 2 N–H and O–H groups in total. The number of hydrogen-bond acceptors (Lipinski definition) is 5. The molecule has 0 radical (unpaired) electrons. The van der Waals surface area contributed by atoms with Gasteiger partial charge in [-0.3, -0.25) is 14.5 Å². The van der Waals surface area contributed by atoms with Gasteiger partial charge >= 0.3 is 6.03 Å². The van der Waals surface area contributed by atoms with E-state index in [0.717, 1.165) is 15.7 Å². The topological polar surface area (TPSA) is 91.4 Å². The molecule has 1 aliphatic rings. The molecule has 7 nitrogen and oxygen atoms in total. The molecule has 1 saturated heterocycles. The highest BCUT2D eigenvalue weighted by Crippen LogP contribution is 2.28. The normalized spacial score (nSPS) is 19.1. The van der Waals surface area contributed by atoms with Crippen molar-refractivity contribution in [2.45, 2.75) is 24.4 Å². The maximum absolute atomic E-state index is 12.8. The Hall–Kier alpha value is -2.87. The number of pyridine rings is 1. The number of carbonyl (C=O) groups is 3. The first-order valence-corrected chi connectivity index (χ1v) is 9.51. The SMILES string of the molecule is CCSc1ccc(NC(=O)CN2C(=O)NC(C)(c3ccccc3)C2=O)cn1. The molecule has 0 aliphatic carbocycles. The van der Waals surface area contributed by atoms with Gasteiger partial charge in [-0.05, 0) is 30.4 Å². The number of imide groups is 1. The van der Waals surface area contributed by atoms with Crippen molar-refractivity contribution in [3.63, 3.8) is 0 Å². The van der Waals surface area contributed by atoms with Gasteiger partial charge in [-0.2, -0.15) is 0 Å². The van der Waals surface area contributed by atoms with Crippen LogP contribution in [0.4, 0.5) is 10.5 Å². The molecule has 1 aromatic carbocycles. The van der Waals surface area contributed by atoms with Crippen molar-refractivity contribution < 1.29 is 14.4 Å². The predicted molar refractivity (Wildman–Crippen MR) is 103 cm³/mol. The number of anilines is 1. The van der Waals surface area contributed by atoms with Gasteiger partial charge in [0.1, 0.15) is 12.1 Å². The number of amides is 4. The van der Waals surface area contributed by atoms with Crippen LogP contribution in [-0.2, 0) is 15.1 Å². The average molecular weight is 384 g/mol.